The van der Waals surface area contributed by atoms with E-state index < -0.39 is 0 Å². The number of carbonyl (C=O) groups is 1. The first kappa shape index (κ1) is 14.5. The Bertz CT molecular complexity index is 240. The molecule has 17 heavy (non-hydrogen) atoms. The number of carbonyl (C=O) groups excluding carboxylic acids is 1. The SMILES string of the molecule is CCCC(COC)N1C(=O)C(CC)NC1CC. The van der Waals surface area contributed by atoms with Gasteiger partial charge in [0, 0.05) is 7.11 Å². The van der Waals surface area contributed by atoms with E-state index in [1.54, 1.807) is 7.11 Å². The van der Waals surface area contributed by atoms with Crippen molar-refractivity contribution >= 4 is 5.91 Å². The van der Waals surface area contributed by atoms with Crippen LogP contribution in [0.2, 0.25) is 0 Å². The molecule has 4 nitrogen and oxygen atoms in total. The number of nitrogens with zero attached hydrogens (tertiary/aromatic N) is 1. The van der Waals surface area contributed by atoms with Crippen LogP contribution in [0.25, 0.3) is 0 Å². The summed E-state index contributed by atoms with van der Waals surface area (Å²) < 4.78 is 5.26. The van der Waals surface area contributed by atoms with Gasteiger partial charge in [0.15, 0.2) is 0 Å². The van der Waals surface area contributed by atoms with Crippen LogP contribution in [0.4, 0.5) is 0 Å². The standard InChI is InChI=1S/C13H26N2O2/c1-5-8-10(9-17-4)15-12(7-3)14-11(6-2)13(15)16/h10-12,14H,5-9H2,1-4H3. The first-order valence-corrected chi connectivity index (χ1v) is 6.76. The third-order valence-corrected chi connectivity index (χ3v) is 3.45. The zero-order valence-corrected chi connectivity index (χ0v) is 11.5. The van der Waals surface area contributed by atoms with Crippen LogP contribution in [0.5, 0.6) is 0 Å². The molecule has 3 unspecified atom stereocenters. The second kappa shape index (κ2) is 6.97. The predicted octanol–water partition coefficient (Wildman–Crippen LogP) is 1.75. The Kier molecular flexibility index (Phi) is 5.92. The van der Waals surface area contributed by atoms with E-state index in [-0.39, 0.29) is 24.2 Å². The minimum atomic E-state index is -0.00355. The lowest BCUT2D eigenvalue weighted by atomic mass is 10.1. The van der Waals surface area contributed by atoms with Gasteiger partial charge in [-0.25, -0.2) is 0 Å². The molecule has 0 aromatic heterocycles. The van der Waals surface area contributed by atoms with Gasteiger partial charge in [-0.2, -0.15) is 0 Å². The largest absolute Gasteiger partial charge is 0.383 e. The van der Waals surface area contributed by atoms with Gasteiger partial charge in [0.1, 0.15) is 0 Å². The molecule has 100 valence electrons. The molecule has 0 aliphatic carbocycles. The van der Waals surface area contributed by atoms with Crippen molar-refractivity contribution in [3.05, 3.63) is 0 Å². The van der Waals surface area contributed by atoms with Gasteiger partial charge in [-0.15, -0.1) is 0 Å². The highest BCUT2D eigenvalue weighted by Crippen LogP contribution is 2.21. The maximum Gasteiger partial charge on any atom is 0.241 e. The zero-order valence-electron chi connectivity index (χ0n) is 11.5. The topological polar surface area (TPSA) is 41.6 Å². The summed E-state index contributed by atoms with van der Waals surface area (Å²) in [4.78, 5) is 14.3. The fraction of sp³-hybridized carbons (Fsp3) is 0.923. The van der Waals surface area contributed by atoms with E-state index in [1.165, 1.54) is 0 Å². The molecular weight excluding hydrogens is 216 g/mol. The Morgan fingerprint density at radius 2 is 2.06 bits per heavy atom. The van der Waals surface area contributed by atoms with Crippen molar-refractivity contribution in [1.29, 1.82) is 0 Å². The van der Waals surface area contributed by atoms with Crippen LogP contribution < -0.4 is 5.32 Å². The molecule has 0 radical (unpaired) electrons. The molecule has 0 aromatic rings. The molecule has 0 saturated carbocycles. The molecule has 0 aromatic carbocycles. The van der Waals surface area contributed by atoms with Gasteiger partial charge >= 0.3 is 0 Å². The molecule has 1 N–H and O–H groups in total. The zero-order chi connectivity index (χ0) is 12.8. The van der Waals surface area contributed by atoms with Crippen molar-refractivity contribution in [2.45, 2.75) is 64.7 Å². The van der Waals surface area contributed by atoms with Crippen molar-refractivity contribution in [2.24, 2.45) is 0 Å². The van der Waals surface area contributed by atoms with Crippen molar-refractivity contribution < 1.29 is 9.53 Å². The number of rotatable bonds is 7. The molecule has 4 heteroatoms. The third-order valence-electron chi connectivity index (χ3n) is 3.45. The van der Waals surface area contributed by atoms with E-state index in [4.69, 9.17) is 4.74 Å². The van der Waals surface area contributed by atoms with Gasteiger partial charge in [-0.05, 0) is 19.3 Å². The smallest absolute Gasteiger partial charge is 0.241 e. The van der Waals surface area contributed by atoms with Crippen LogP contribution in [-0.2, 0) is 9.53 Å². The molecule has 1 amide bonds. The second-order valence-electron chi connectivity index (χ2n) is 4.69. The van der Waals surface area contributed by atoms with Gasteiger partial charge in [0.2, 0.25) is 5.91 Å². The Morgan fingerprint density at radius 3 is 2.53 bits per heavy atom. The summed E-state index contributed by atoms with van der Waals surface area (Å²) >= 11 is 0. The van der Waals surface area contributed by atoms with Gasteiger partial charge in [0.25, 0.3) is 0 Å². The molecule has 1 fully saturated rings. The molecule has 1 heterocycles. The lowest BCUT2D eigenvalue weighted by molar-refractivity contribution is -0.133. The van der Waals surface area contributed by atoms with E-state index in [1.807, 2.05) is 4.90 Å². The number of hydrogen-bond donors (Lipinski definition) is 1. The van der Waals surface area contributed by atoms with Crippen LogP contribution in [0.3, 0.4) is 0 Å². The number of nitrogens with one attached hydrogen (secondary N) is 1. The monoisotopic (exact) mass is 242 g/mol. The molecular formula is C13H26N2O2. The van der Waals surface area contributed by atoms with E-state index in [2.05, 4.69) is 26.1 Å². The Balaban J connectivity index is 2.78. The summed E-state index contributed by atoms with van der Waals surface area (Å²) in [7, 11) is 1.70. The first-order chi connectivity index (χ1) is 8.19. The van der Waals surface area contributed by atoms with Crippen LogP contribution in [0.15, 0.2) is 0 Å². The average molecular weight is 242 g/mol. The van der Waals surface area contributed by atoms with Gasteiger partial charge < -0.3 is 9.64 Å². The van der Waals surface area contributed by atoms with Crippen LogP contribution in [0.1, 0.15) is 46.5 Å². The molecule has 1 saturated heterocycles. The van der Waals surface area contributed by atoms with Crippen LogP contribution in [-0.4, -0.2) is 42.8 Å². The summed E-state index contributed by atoms with van der Waals surface area (Å²) in [5.74, 6) is 0.245. The summed E-state index contributed by atoms with van der Waals surface area (Å²) in [6, 6.07) is 0.211. The number of methoxy groups -OCH3 is 1. The van der Waals surface area contributed by atoms with E-state index in [0.29, 0.717) is 6.61 Å². The van der Waals surface area contributed by atoms with E-state index in [0.717, 1.165) is 25.7 Å². The third kappa shape index (κ3) is 3.19. The van der Waals surface area contributed by atoms with Crippen LogP contribution in [0, 0.1) is 0 Å². The highest BCUT2D eigenvalue weighted by Gasteiger charge is 2.40. The Hall–Kier alpha value is -0.610. The average Bonchev–Trinajstić information content (AvgIpc) is 2.65. The lowest BCUT2D eigenvalue weighted by Gasteiger charge is -2.31. The summed E-state index contributed by atoms with van der Waals surface area (Å²) in [6.45, 7) is 6.95. The minimum absolute atomic E-state index is 0.00355. The summed E-state index contributed by atoms with van der Waals surface area (Å²) in [5.41, 5.74) is 0. The predicted molar refractivity (Wildman–Crippen MR) is 68.7 cm³/mol. The number of amides is 1. The minimum Gasteiger partial charge on any atom is -0.383 e. The summed E-state index contributed by atoms with van der Waals surface area (Å²) in [6.07, 6.45) is 4.07. The number of hydrogen-bond acceptors (Lipinski definition) is 3. The molecule has 1 aliphatic heterocycles. The molecule has 1 aliphatic rings. The van der Waals surface area contributed by atoms with Gasteiger partial charge in [0.05, 0.1) is 24.9 Å². The van der Waals surface area contributed by atoms with Crippen molar-refractivity contribution in [2.75, 3.05) is 13.7 Å². The first-order valence-electron chi connectivity index (χ1n) is 6.76. The lowest BCUT2D eigenvalue weighted by Crippen LogP contribution is -2.46. The Labute approximate surface area is 105 Å². The van der Waals surface area contributed by atoms with E-state index >= 15 is 0 Å². The van der Waals surface area contributed by atoms with Gasteiger partial charge in [-0.1, -0.05) is 27.2 Å². The van der Waals surface area contributed by atoms with Gasteiger partial charge in [-0.3, -0.25) is 10.1 Å². The molecule has 0 spiro atoms. The molecule has 1 rings (SSSR count). The normalized spacial score (nSPS) is 26.6. The van der Waals surface area contributed by atoms with Crippen LogP contribution >= 0.6 is 0 Å². The maximum absolute atomic E-state index is 12.3. The number of ether oxygens (including phenoxy) is 1. The second-order valence-corrected chi connectivity index (χ2v) is 4.69. The van der Waals surface area contributed by atoms with Crippen molar-refractivity contribution in [3.8, 4) is 0 Å². The highest BCUT2D eigenvalue weighted by atomic mass is 16.5. The van der Waals surface area contributed by atoms with Crippen molar-refractivity contribution in [1.82, 2.24) is 10.2 Å². The molecule has 3 atom stereocenters. The quantitative estimate of drug-likeness (QED) is 0.739. The fourth-order valence-electron chi connectivity index (χ4n) is 2.59. The van der Waals surface area contributed by atoms with Crippen molar-refractivity contribution in [3.63, 3.8) is 0 Å². The summed E-state index contributed by atoms with van der Waals surface area (Å²) in [5, 5.41) is 3.41. The highest BCUT2D eigenvalue weighted by molar-refractivity contribution is 5.84. The fourth-order valence-corrected chi connectivity index (χ4v) is 2.59. The van der Waals surface area contributed by atoms with E-state index in [9.17, 15) is 4.79 Å². The Morgan fingerprint density at radius 1 is 1.35 bits per heavy atom. The molecule has 0 bridgehead atoms. The maximum atomic E-state index is 12.3.